The van der Waals surface area contributed by atoms with Gasteiger partial charge < -0.3 is 5.11 Å². The number of aliphatic hydroxyl groups excluding tert-OH is 1. The zero-order chi connectivity index (χ0) is 13.6. The van der Waals surface area contributed by atoms with Crippen LogP contribution in [0.3, 0.4) is 0 Å². The molecule has 0 bridgehead atoms. The van der Waals surface area contributed by atoms with Crippen molar-refractivity contribution in [2.75, 3.05) is 0 Å². The van der Waals surface area contributed by atoms with Crippen LogP contribution in [0.2, 0.25) is 0 Å². The first-order chi connectivity index (χ1) is 7.35. The van der Waals surface area contributed by atoms with Crippen molar-refractivity contribution < 1.29 is 5.11 Å². The molecule has 2 unspecified atom stereocenters. The Bertz CT molecular complexity index is 121. The van der Waals surface area contributed by atoms with Crippen LogP contribution in [0.15, 0.2) is 25.3 Å². The third-order valence-electron chi connectivity index (χ3n) is 1.62. The third kappa shape index (κ3) is 58.2. The Morgan fingerprint density at radius 1 is 0.889 bits per heavy atom. The molecule has 0 aliphatic carbocycles. The average Bonchev–Trinajstić information content (AvgIpc) is 2.02. The fourth-order valence-corrected chi connectivity index (χ4v) is 1.48. The highest BCUT2D eigenvalue weighted by molar-refractivity contribution is 4.59. The van der Waals surface area contributed by atoms with Gasteiger partial charge >= 0.3 is 0 Å². The Morgan fingerprint density at radius 3 is 1.33 bits per heavy atom. The summed E-state index contributed by atoms with van der Waals surface area (Å²) in [7, 11) is 0. The highest BCUT2D eigenvalue weighted by atomic mass is 16.3. The number of rotatable bonds is 4. The molecule has 0 aliphatic rings. The van der Waals surface area contributed by atoms with Gasteiger partial charge in [0.25, 0.3) is 0 Å². The lowest BCUT2D eigenvalue weighted by Crippen LogP contribution is -2.08. The van der Waals surface area contributed by atoms with E-state index in [1.54, 1.807) is 12.2 Å². The summed E-state index contributed by atoms with van der Waals surface area (Å²) in [5.41, 5.74) is 0. The molecule has 0 fully saturated rings. The van der Waals surface area contributed by atoms with Gasteiger partial charge in [-0.25, -0.2) is 0 Å². The minimum atomic E-state index is -0.131. The van der Waals surface area contributed by atoms with Crippen molar-refractivity contribution in [3.8, 4) is 0 Å². The second-order valence-electron chi connectivity index (χ2n) is 4.64. The Morgan fingerprint density at radius 2 is 1.17 bits per heavy atom. The van der Waals surface area contributed by atoms with Gasteiger partial charge in [-0.3, -0.25) is 0 Å². The van der Waals surface area contributed by atoms with Gasteiger partial charge in [-0.15, -0.1) is 13.2 Å². The van der Waals surface area contributed by atoms with Crippen LogP contribution in [-0.4, -0.2) is 11.2 Å². The maximum atomic E-state index is 9.04. The Balaban J connectivity index is -0.0000000603. The van der Waals surface area contributed by atoms with Crippen molar-refractivity contribution >= 4 is 0 Å². The first-order valence-electron chi connectivity index (χ1n) is 6.17. The van der Waals surface area contributed by atoms with Crippen LogP contribution >= 0.6 is 0 Å². The third-order valence-corrected chi connectivity index (χ3v) is 1.62. The summed E-state index contributed by atoms with van der Waals surface area (Å²) < 4.78 is 0. The molecule has 0 heterocycles. The molecule has 0 saturated carbocycles. The van der Waals surface area contributed by atoms with E-state index in [1.807, 2.05) is 20.8 Å². The summed E-state index contributed by atoms with van der Waals surface area (Å²) in [5.74, 6) is 1.42. The summed E-state index contributed by atoms with van der Waals surface area (Å²) >= 11 is 0. The summed E-state index contributed by atoms with van der Waals surface area (Å²) in [4.78, 5) is 0. The summed E-state index contributed by atoms with van der Waals surface area (Å²) in [6.45, 7) is 19.0. The molecular formula is C17H40O. The molecule has 0 spiro atoms. The summed E-state index contributed by atoms with van der Waals surface area (Å²) in [5, 5.41) is 9.04. The van der Waals surface area contributed by atoms with Gasteiger partial charge in [-0.1, -0.05) is 47.8 Å². The first-order valence-corrected chi connectivity index (χ1v) is 6.17. The molecule has 0 aliphatic heterocycles. The minimum Gasteiger partial charge on any atom is -0.393 e. The summed E-state index contributed by atoms with van der Waals surface area (Å²) in [6, 6.07) is 0. The Hall–Kier alpha value is -0.560. The average molecular weight is 261 g/mol. The van der Waals surface area contributed by atoms with Gasteiger partial charge in [0.15, 0.2) is 0 Å². The molecule has 1 heteroatoms. The van der Waals surface area contributed by atoms with Crippen molar-refractivity contribution in [1.29, 1.82) is 0 Å². The molecule has 0 saturated heterocycles. The predicted octanol–water partition coefficient (Wildman–Crippen LogP) is 6.10. The number of hydrogen-bond donors (Lipinski definition) is 1. The molecule has 0 aromatic heterocycles. The SMILES string of the molecule is C.C.C=CC.C=CC.CC(C)CC(C)CC(C)O. The molecule has 0 aromatic carbocycles. The van der Waals surface area contributed by atoms with Crippen molar-refractivity contribution in [2.24, 2.45) is 11.8 Å². The van der Waals surface area contributed by atoms with E-state index in [4.69, 9.17) is 5.11 Å². The number of allylic oxidation sites excluding steroid dienone is 2. The second-order valence-corrected chi connectivity index (χ2v) is 4.64. The van der Waals surface area contributed by atoms with Gasteiger partial charge in [-0.2, -0.15) is 0 Å². The van der Waals surface area contributed by atoms with Crippen LogP contribution in [-0.2, 0) is 0 Å². The van der Waals surface area contributed by atoms with Crippen molar-refractivity contribution in [1.82, 2.24) is 0 Å². The highest BCUT2D eigenvalue weighted by Gasteiger charge is 2.07. The number of hydrogen-bond acceptors (Lipinski definition) is 1. The molecule has 1 N–H and O–H groups in total. The van der Waals surface area contributed by atoms with Crippen molar-refractivity contribution in [3.05, 3.63) is 25.3 Å². The van der Waals surface area contributed by atoms with Crippen LogP contribution in [0.5, 0.6) is 0 Å². The number of aliphatic hydroxyl groups is 1. The van der Waals surface area contributed by atoms with E-state index in [9.17, 15) is 0 Å². The van der Waals surface area contributed by atoms with E-state index in [0.717, 1.165) is 12.3 Å². The normalized spacial score (nSPS) is 11.1. The quantitative estimate of drug-likeness (QED) is 0.606. The largest absolute Gasteiger partial charge is 0.393 e. The lowest BCUT2D eigenvalue weighted by Gasteiger charge is -2.14. The van der Waals surface area contributed by atoms with Crippen molar-refractivity contribution in [3.63, 3.8) is 0 Å². The lowest BCUT2D eigenvalue weighted by molar-refractivity contribution is 0.158. The fraction of sp³-hybridized carbons (Fsp3) is 0.765. The molecule has 0 amide bonds. The van der Waals surface area contributed by atoms with E-state index < -0.39 is 0 Å². The van der Waals surface area contributed by atoms with Crippen LogP contribution in [0.25, 0.3) is 0 Å². The molecule has 114 valence electrons. The fourth-order valence-electron chi connectivity index (χ4n) is 1.48. The smallest absolute Gasteiger partial charge is 0.0514 e. The van der Waals surface area contributed by atoms with E-state index in [2.05, 4.69) is 33.9 Å². The van der Waals surface area contributed by atoms with Gasteiger partial charge in [0.2, 0.25) is 0 Å². The molecule has 0 aromatic rings. The maximum Gasteiger partial charge on any atom is 0.0514 e. The van der Waals surface area contributed by atoms with Gasteiger partial charge in [0.1, 0.15) is 0 Å². The van der Waals surface area contributed by atoms with Crippen LogP contribution in [0.1, 0.15) is 69.2 Å². The van der Waals surface area contributed by atoms with Gasteiger partial charge in [0.05, 0.1) is 6.10 Å². The standard InChI is InChI=1S/C9H20O.2C3H6.2CH4/c1-7(2)5-8(3)6-9(4)10;2*1-3-2;;/h7-10H,5-6H2,1-4H3;2*3H,1H2,2H3;2*1H4. The van der Waals surface area contributed by atoms with E-state index >= 15 is 0 Å². The van der Waals surface area contributed by atoms with Crippen LogP contribution in [0, 0.1) is 11.8 Å². The zero-order valence-electron chi connectivity index (χ0n) is 12.2. The van der Waals surface area contributed by atoms with E-state index in [-0.39, 0.29) is 21.0 Å². The van der Waals surface area contributed by atoms with Gasteiger partial charge in [0, 0.05) is 0 Å². The van der Waals surface area contributed by atoms with Crippen molar-refractivity contribution in [2.45, 2.75) is 75.3 Å². The molecule has 18 heavy (non-hydrogen) atoms. The monoisotopic (exact) mass is 260 g/mol. The van der Waals surface area contributed by atoms with E-state index in [1.165, 1.54) is 6.42 Å². The Kier molecular flexibility index (Phi) is 42.9. The lowest BCUT2D eigenvalue weighted by atomic mass is 9.94. The van der Waals surface area contributed by atoms with Crippen LogP contribution in [0.4, 0.5) is 0 Å². The van der Waals surface area contributed by atoms with Gasteiger partial charge in [-0.05, 0) is 45.4 Å². The molecular weight excluding hydrogens is 220 g/mol. The van der Waals surface area contributed by atoms with Crippen LogP contribution < -0.4 is 0 Å². The highest BCUT2D eigenvalue weighted by Crippen LogP contribution is 2.15. The maximum absolute atomic E-state index is 9.04. The predicted molar refractivity (Wildman–Crippen MR) is 90.1 cm³/mol. The molecule has 0 radical (unpaired) electrons. The zero-order valence-corrected chi connectivity index (χ0v) is 12.2. The second kappa shape index (κ2) is 25.3. The molecule has 0 rings (SSSR count). The Labute approximate surface area is 118 Å². The minimum absolute atomic E-state index is 0. The summed E-state index contributed by atoms with van der Waals surface area (Å²) in [6.07, 6.45) is 5.54. The topological polar surface area (TPSA) is 20.2 Å². The van der Waals surface area contributed by atoms with E-state index in [0.29, 0.717) is 5.92 Å². The molecule has 2 atom stereocenters. The first kappa shape index (κ1) is 30.5. The molecule has 1 nitrogen and oxygen atoms in total.